The quantitative estimate of drug-likeness (QED) is 0.919. The number of rotatable bonds is 3. The first-order valence-electron chi connectivity index (χ1n) is 7.66. The molecule has 0 aliphatic carbocycles. The number of nitrogens with zero attached hydrogens (tertiary/aromatic N) is 2. The third-order valence-electron chi connectivity index (χ3n) is 4.36. The fourth-order valence-corrected chi connectivity index (χ4v) is 2.88. The number of nitrogens with two attached hydrogens (primary N) is 1. The average Bonchev–Trinajstić information content (AvgIpc) is 2.40. The minimum Gasteiger partial charge on any atom is -0.326 e. The Labute approximate surface area is 123 Å². The predicted octanol–water partition coefficient (Wildman–Crippen LogP) is 2.37. The van der Waals surface area contributed by atoms with Gasteiger partial charge in [0.05, 0.1) is 0 Å². The van der Waals surface area contributed by atoms with E-state index in [2.05, 4.69) is 55.7 Å². The van der Waals surface area contributed by atoms with E-state index in [0.717, 1.165) is 19.6 Å². The SMILES string of the molecule is Cc1cc(CN)ccc1CN1CCN(C(C)(C)C)CC1. The predicted molar refractivity (Wildman–Crippen MR) is 85.7 cm³/mol. The first-order chi connectivity index (χ1) is 9.40. The highest BCUT2D eigenvalue weighted by molar-refractivity contribution is 5.31. The minimum atomic E-state index is 0.296. The van der Waals surface area contributed by atoms with Gasteiger partial charge < -0.3 is 5.73 Å². The lowest BCUT2D eigenvalue weighted by molar-refractivity contribution is 0.0590. The second kappa shape index (κ2) is 6.25. The Morgan fingerprint density at radius 3 is 2.25 bits per heavy atom. The van der Waals surface area contributed by atoms with E-state index in [-0.39, 0.29) is 0 Å². The number of aryl methyl sites for hydroxylation is 1. The minimum absolute atomic E-state index is 0.296. The van der Waals surface area contributed by atoms with Crippen molar-refractivity contribution in [3.8, 4) is 0 Å². The molecular formula is C17H29N3. The Morgan fingerprint density at radius 2 is 1.75 bits per heavy atom. The largest absolute Gasteiger partial charge is 0.326 e. The van der Waals surface area contributed by atoms with Crippen LogP contribution in [0.25, 0.3) is 0 Å². The molecule has 0 atom stereocenters. The molecule has 0 unspecified atom stereocenters. The summed E-state index contributed by atoms with van der Waals surface area (Å²) in [6, 6.07) is 6.63. The lowest BCUT2D eigenvalue weighted by Gasteiger charge is -2.42. The van der Waals surface area contributed by atoms with Crippen LogP contribution in [0, 0.1) is 6.92 Å². The molecule has 2 N–H and O–H groups in total. The number of piperazine rings is 1. The van der Waals surface area contributed by atoms with Crippen molar-refractivity contribution >= 4 is 0 Å². The van der Waals surface area contributed by atoms with Gasteiger partial charge in [0.2, 0.25) is 0 Å². The van der Waals surface area contributed by atoms with E-state index >= 15 is 0 Å². The zero-order valence-electron chi connectivity index (χ0n) is 13.4. The van der Waals surface area contributed by atoms with Crippen LogP contribution < -0.4 is 5.73 Å². The fraction of sp³-hybridized carbons (Fsp3) is 0.647. The number of benzene rings is 1. The maximum absolute atomic E-state index is 5.69. The third-order valence-corrected chi connectivity index (χ3v) is 4.36. The van der Waals surface area contributed by atoms with Gasteiger partial charge in [-0.2, -0.15) is 0 Å². The van der Waals surface area contributed by atoms with Gasteiger partial charge in [0.25, 0.3) is 0 Å². The molecule has 0 bridgehead atoms. The van der Waals surface area contributed by atoms with E-state index in [9.17, 15) is 0 Å². The van der Waals surface area contributed by atoms with E-state index in [1.807, 2.05) is 0 Å². The summed E-state index contributed by atoms with van der Waals surface area (Å²) in [7, 11) is 0. The van der Waals surface area contributed by atoms with Crippen molar-refractivity contribution in [1.82, 2.24) is 9.80 Å². The van der Waals surface area contributed by atoms with Crippen molar-refractivity contribution in [1.29, 1.82) is 0 Å². The van der Waals surface area contributed by atoms with Crippen LogP contribution in [-0.4, -0.2) is 41.5 Å². The molecule has 0 amide bonds. The monoisotopic (exact) mass is 275 g/mol. The average molecular weight is 275 g/mol. The van der Waals surface area contributed by atoms with Crippen LogP contribution in [-0.2, 0) is 13.1 Å². The summed E-state index contributed by atoms with van der Waals surface area (Å²) >= 11 is 0. The van der Waals surface area contributed by atoms with Gasteiger partial charge in [-0.25, -0.2) is 0 Å². The molecule has 1 aliphatic heterocycles. The molecule has 20 heavy (non-hydrogen) atoms. The van der Waals surface area contributed by atoms with Gasteiger partial charge >= 0.3 is 0 Å². The van der Waals surface area contributed by atoms with Crippen LogP contribution in [0.15, 0.2) is 18.2 Å². The topological polar surface area (TPSA) is 32.5 Å². The lowest BCUT2D eigenvalue weighted by atomic mass is 10.0. The second-order valence-electron chi connectivity index (χ2n) is 6.90. The van der Waals surface area contributed by atoms with Gasteiger partial charge in [-0.05, 0) is 44.4 Å². The maximum atomic E-state index is 5.69. The van der Waals surface area contributed by atoms with Gasteiger partial charge in [-0.15, -0.1) is 0 Å². The molecule has 3 heteroatoms. The molecule has 0 aromatic heterocycles. The summed E-state index contributed by atoms with van der Waals surface area (Å²) < 4.78 is 0. The molecule has 1 aliphatic rings. The van der Waals surface area contributed by atoms with E-state index in [1.54, 1.807) is 0 Å². The summed E-state index contributed by atoms with van der Waals surface area (Å²) in [6.45, 7) is 15.5. The van der Waals surface area contributed by atoms with Crippen LogP contribution in [0.2, 0.25) is 0 Å². The van der Waals surface area contributed by atoms with Crippen molar-refractivity contribution in [2.24, 2.45) is 5.73 Å². The first kappa shape index (κ1) is 15.5. The zero-order chi connectivity index (χ0) is 14.8. The Kier molecular flexibility index (Phi) is 4.84. The van der Waals surface area contributed by atoms with Gasteiger partial charge in [0.1, 0.15) is 0 Å². The van der Waals surface area contributed by atoms with Crippen LogP contribution in [0.4, 0.5) is 0 Å². The smallest absolute Gasteiger partial charge is 0.0237 e. The molecular weight excluding hydrogens is 246 g/mol. The van der Waals surface area contributed by atoms with Gasteiger partial charge in [-0.3, -0.25) is 9.80 Å². The molecule has 1 aromatic rings. The molecule has 112 valence electrons. The summed E-state index contributed by atoms with van der Waals surface area (Å²) in [5, 5.41) is 0. The Hall–Kier alpha value is -0.900. The highest BCUT2D eigenvalue weighted by Crippen LogP contribution is 2.18. The fourth-order valence-electron chi connectivity index (χ4n) is 2.88. The van der Waals surface area contributed by atoms with Crippen molar-refractivity contribution < 1.29 is 0 Å². The van der Waals surface area contributed by atoms with Crippen LogP contribution in [0.1, 0.15) is 37.5 Å². The molecule has 1 fully saturated rings. The highest BCUT2D eigenvalue weighted by Gasteiger charge is 2.25. The highest BCUT2D eigenvalue weighted by atomic mass is 15.3. The maximum Gasteiger partial charge on any atom is 0.0237 e. The van der Waals surface area contributed by atoms with E-state index < -0.39 is 0 Å². The van der Waals surface area contributed by atoms with E-state index in [4.69, 9.17) is 5.73 Å². The summed E-state index contributed by atoms with van der Waals surface area (Å²) in [5.74, 6) is 0. The van der Waals surface area contributed by atoms with Gasteiger partial charge in [0.15, 0.2) is 0 Å². The van der Waals surface area contributed by atoms with E-state index in [0.29, 0.717) is 12.1 Å². The molecule has 0 saturated carbocycles. The van der Waals surface area contributed by atoms with Crippen molar-refractivity contribution in [2.45, 2.75) is 46.3 Å². The zero-order valence-corrected chi connectivity index (χ0v) is 13.4. The van der Waals surface area contributed by atoms with Gasteiger partial charge in [0, 0.05) is 44.8 Å². The first-order valence-corrected chi connectivity index (χ1v) is 7.66. The Bertz CT molecular complexity index is 440. The molecule has 0 spiro atoms. The van der Waals surface area contributed by atoms with Crippen LogP contribution in [0.5, 0.6) is 0 Å². The molecule has 3 nitrogen and oxygen atoms in total. The number of hydrogen-bond acceptors (Lipinski definition) is 3. The molecule has 1 heterocycles. The second-order valence-corrected chi connectivity index (χ2v) is 6.90. The van der Waals surface area contributed by atoms with Crippen molar-refractivity contribution in [3.63, 3.8) is 0 Å². The summed E-state index contributed by atoms with van der Waals surface area (Å²) in [6.07, 6.45) is 0. The Balaban J connectivity index is 1.93. The van der Waals surface area contributed by atoms with Crippen molar-refractivity contribution in [2.75, 3.05) is 26.2 Å². The van der Waals surface area contributed by atoms with Crippen LogP contribution >= 0.6 is 0 Å². The normalized spacial score (nSPS) is 18.4. The Morgan fingerprint density at radius 1 is 1.10 bits per heavy atom. The van der Waals surface area contributed by atoms with E-state index in [1.165, 1.54) is 29.8 Å². The third kappa shape index (κ3) is 3.81. The van der Waals surface area contributed by atoms with Crippen molar-refractivity contribution in [3.05, 3.63) is 34.9 Å². The molecule has 1 aromatic carbocycles. The molecule has 1 saturated heterocycles. The molecule has 0 radical (unpaired) electrons. The standard InChI is InChI=1S/C17H29N3/c1-14-11-15(12-18)5-6-16(14)13-19-7-9-20(10-8-19)17(2,3)4/h5-6,11H,7-10,12-13,18H2,1-4H3. The van der Waals surface area contributed by atoms with Gasteiger partial charge in [-0.1, -0.05) is 18.2 Å². The number of hydrogen-bond donors (Lipinski definition) is 1. The summed E-state index contributed by atoms with van der Waals surface area (Å²) in [5.41, 5.74) is 10.0. The van der Waals surface area contributed by atoms with Crippen LogP contribution in [0.3, 0.4) is 0 Å². The molecule has 2 rings (SSSR count). The summed E-state index contributed by atoms with van der Waals surface area (Å²) in [4.78, 5) is 5.14. The lowest BCUT2D eigenvalue weighted by Crippen LogP contribution is -2.53.